The predicted octanol–water partition coefficient (Wildman–Crippen LogP) is 2.01. The lowest BCUT2D eigenvalue weighted by Crippen LogP contribution is -2.57. The molecule has 2 aliphatic heterocycles. The van der Waals surface area contributed by atoms with Crippen molar-refractivity contribution >= 4 is 23.0 Å². The third kappa shape index (κ3) is 2.45. The van der Waals surface area contributed by atoms with E-state index >= 15 is 0 Å². The zero-order valence-corrected chi connectivity index (χ0v) is 13.1. The lowest BCUT2D eigenvalue weighted by Gasteiger charge is -2.32. The molecule has 2 aliphatic rings. The van der Waals surface area contributed by atoms with Gasteiger partial charge in [0.2, 0.25) is 0 Å². The van der Waals surface area contributed by atoms with Crippen molar-refractivity contribution in [1.29, 1.82) is 0 Å². The van der Waals surface area contributed by atoms with Gasteiger partial charge in [-0.15, -0.1) is 0 Å². The summed E-state index contributed by atoms with van der Waals surface area (Å²) < 4.78 is 2.01. The molecule has 0 aromatic carbocycles. The van der Waals surface area contributed by atoms with Gasteiger partial charge in [0.25, 0.3) is 0 Å². The molecule has 4 rings (SSSR count). The minimum Gasteiger partial charge on any atom is -0.314 e. The van der Waals surface area contributed by atoms with Crippen LogP contribution in [0.15, 0.2) is 41.2 Å². The van der Waals surface area contributed by atoms with E-state index in [0.29, 0.717) is 11.1 Å². The molecular weight excluding hydrogens is 298 g/mol. The maximum atomic E-state index is 6.12. The SMILES string of the molecule is CC1=CCC(NC2CNC2)N=C1c1cnc2ccc(Cl)cn12. The van der Waals surface area contributed by atoms with Crippen LogP contribution in [-0.4, -0.2) is 40.4 Å². The molecule has 1 unspecified atom stereocenters. The molecule has 1 atom stereocenters. The number of hydrogen-bond acceptors (Lipinski definition) is 4. The fourth-order valence-corrected chi connectivity index (χ4v) is 3.04. The minimum absolute atomic E-state index is 0.135. The first-order valence-electron chi connectivity index (χ1n) is 7.55. The Bertz CT molecular complexity index is 772. The van der Waals surface area contributed by atoms with Crippen molar-refractivity contribution in [3.63, 3.8) is 0 Å². The second kappa shape index (κ2) is 5.50. The van der Waals surface area contributed by atoms with Gasteiger partial charge >= 0.3 is 0 Å². The van der Waals surface area contributed by atoms with Crippen molar-refractivity contribution in [2.24, 2.45) is 4.99 Å². The second-order valence-corrected chi connectivity index (χ2v) is 6.29. The van der Waals surface area contributed by atoms with Gasteiger partial charge in [-0.25, -0.2) is 4.98 Å². The maximum Gasteiger partial charge on any atom is 0.137 e. The van der Waals surface area contributed by atoms with Crippen LogP contribution in [0.2, 0.25) is 5.02 Å². The molecule has 2 aromatic heterocycles. The van der Waals surface area contributed by atoms with E-state index in [1.807, 2.05) is 28.9 Å². The number of nitrogens with one attached hydrogen (secondary N) is 2. The van der Waals surface area contributed by atoms with Gasteiger partial charge < -0.3 is 5.32 Å². The van der Waals surface area contributed by atoms with E-state index in [2.05, 4.69) is 28.6 Å². The number of aliphatic imine (C=N–C) groups is 1. The Morgan fingerprint density at radius 1 is 1.36 bits per heavy atom. The van der Waals surface area contributed by atoms with Gasteiger partial charge in [-0.2, -0.15) is 0 Å². The van der Waals surface area contributed by atoms with E-state index in [1.54, 1.807) is 0 Å². The van der Waals surface area contributed by atoms with Crippen LogP contribution in [0.1, 0.15) is 19.0 Å². The highest BCUT2D eigenvalue weighted by Crippen LogP contribution is 2.20. The number of aromatic nitrogens is 2. The molecule has 4 heterocycles. The van der Waals surface area contributed by atoms with Gasteiger partial charge in [0.15, 0.2) is 0 Å². The molecule has 6 heteroatoms. The summed E-state index contributed by atoms with van der Waals surface area (Å²) in [6.45, 7) is 4.15. The largest absolute Gasteiger partial charge is 0.314 e. The van der Waals surface area contributed by atoms with Crippen LogP contribution in [0.5, 0.6) is 0 Å². The average Bonchev–Trinajstić information content (AvgIpc) is 2.87. The molecule has 0 spiro atoms. The first-order valence-corrected chi connectivity index (χ1v) is 7.93. The number of halogens is 1. The maximum absolute atomic E-state index is 6.12. The van der Waals surface area contributed by atoms with Crippen LogP contribution in [-0.2, 0) is 0 Å². The summed E-state index contributed by atoms with van der Waals surface area (Å²) in [6, 6.07) is 4.30. The number of nitrogens with zero attached hydrogens (tertiary/aromatic N) is 3. The zero-order chi connectivity index (χ0) is 15.1. The number of imidazole rings is 1. The molecule has 0 aliphatic carbocycles. The lowest BCUT2D eigenvalue weighted by atomic mass is 10.0. The van der Waals surface area contributed by atoms with Gasteiger partial charge in [-0.1, -0.05) is 17.7 Å². The van der Waals surface area contributed by atoms with E-state index < -0.39 is 0 Å². The van der Waals surface area contributed by atoms with Gasteiger partial charge in [0.05, 0.1) is 22.6 Å². The first-order chi connectivity index (χ1) is 10.7. The van der Waals surface area contributed by atoms with Crippen molar-refractivity contribution in [2.45, 2.75) is 25.6 Å². The number of rotatable bonds is 3. The minimum atomic E-state index is 0.135. The van der Waals surface area contributed by atoms with Crippen molar-refractivity contribution < 1.29 is 0 Å². The van der Waals surface area contributed by atoms with Crippen LogP contribution in [0, 0.1) is 0 Å². The standard InChI is InChI=1S/C16H18ClN5/c1-10-2-4-14(20-12-6-18-7-12)21-16(10)13-8-19-15-5-3-11(17)9-22(13)15/h2-3,5,8-9,12,14,18,20H,4,6-7H2,1H3. The highest BCUT2D eigenvalue weighted by atomic mass is 35.5. The van der Waals surface area contributed by atoms with Crippen LogP contribution in [0.4, 0.5) is 0 Å². The van der Waals surface area contributed by atoms with Gasteiger partial charge in [-0.05, 0) is 24.6 Å². The van der Waals surface area contributed by atoms with Crippen molar-refractivity contribution in [1.82, 2.24) is 20.0 Å². The summed E-state index contributed by atoms with van der Waals surface area (Å²) in [7, 11) is 0. The highest BCUT2D eigenvalue weighted by Gasteiger charge is 2.23. The van der Waals surface area contributed by atoms with Gasteiger partial charge in [-0.3, -0.25) is 14.7 Å². The predicted molar refractivity (Wildman–Crippen MR) is 88.7 cm³/mol. The molecule has 1 fully saturated rings. The first kappa shape index (κ1) is 13.9. The number of pyridine rings is 1. The Labute approximate surface area is 134 Å². The highest BCUT2D eigenvalue weighted by molar-refractivity contribution is 6.30. The molecule has 0 saturated carbocycles. The van der Waals surface area contributed by atoms with E-state index in [9.17, 15) is 0 Å². The molecule has 114 valence electrons. The molecule has 5 nitrogen and oxygen atoms in total. The quantitative estimate of drug-likeness (QED) is 0.911. The van der Waals surface area contributed by atoms with Crippen LogP contribution < -0.4 is 10.6 Å². The fourth-order valence-electron chi connectivity index (χ4n) is 2.88. The molecule has 1 saturated heterocycles. The van der Waals surface area contributed by atoms with Crippen molar-refractivity contribution in [2.75, 3.05) is 13.1 Å². The number of dihydropyridines is 1. The summed E-state index contributed by atoms with van der Waals surface area (Å²) in [5.41, 5.74) is 4.05. The molecule has 2 aromatic rings. The molecule has 22 heavy (non-hydrogen) atoms. The monoisotopic (exact) mass is 315 g/mol. The van der Waals surface area contributed by atoms with E-state index in [-0.39, 0.29) is 6.17 Å². The summed E-state index contributed by atoms with van der Waals surface area (Å²) in [5, 5.41) is 7.54. The lowest BCUT2D eigenvalue weighted by molar-refractivity contribution is 0.330. The van der Waals surface area contributed by atoms with Crippen LogP contribution >= 0.6 is 11.6 Å². The van der Waals surface area contributed by atoms with Crippen molar-refractivity contribution in [3.8, 4) is 0 Å². The number of allylic oxidation sites excluding steroid dienone is 1. The fraction of sp³-hybridized carbons (Fsp3) is 0.375. The van der Waals surface area contributed by atoms with Crippen LogP contribution in [0.25, 0.3) is 5.65 Å². The van der Waals surface area contributed by atoms with Gasteiger partial charge in [0, 0.05) is 31.7 Å². The third-order valence-corrected chi connectivity index (χ3v) is 4.45. The van der Waals surface area contributed by atoms with Crippen molar-refractivity contribution in [3.05, 3.63) is 46.9 Å². The Morgan fingerprint density at radius 3 is 3.00 bits per heavy atom. The summed E-state index contributed by atoms with van der Waals surface area (Å²) in [5.74, 6) is 0. The number of hydrogen-bond donors (Lipinski definition) is 2. The Kier molecular flexibility index (Phi) is 3.48. The summed E-state index contributed by atoms with van der Waals surface area (Å²) in [6.07, 6.45) is 7.08. The summed E-state index contributed by atoms with van der Waals surface area (Å²) in [4.78, 5) is 9.36. The molecule has 0 radical (unpaired) electrons. The van der Waals surface area contributed by atoms with E-state index in [1.165, 1.54) is 5.57 Å². The normalized spacial score (nSPS) is 22.4. The Morgan fingerprint density at radius 2 is 2.23 bits per heavy atom. The third-order valence-electron chi connectivity index (χ3n) is 4.23. The molecule has 0 amide bonds. The van der Waals surface area contributed by atoms with Gasteiger partial charge in [0.1, 0.15) is 11.8 Å². The topological polar surface area (TPSA) is 53.7 Å². The Hall–Kier alpha value is -1.69. The number of fused-ring (bicyclic) bond motifs is 1. The second-order valence-electron chi connectivity index (χ2n) is 5.86. The Balaban J connectivity index is 1.70. The zero-order valence-electron chi connectivity index (χ0n) is 12.4. The average molecular weight is 316 g/mol. The molecular formula is C16H18ClN5. The molecule has 2 N–H and O–H groups in total. The summed E-state index contributed by atoms with van der Waals surface area (Å²) >= 11 is 6.12. The van der Waals surface area contributed by atoms with E-state index in [0.717, 1.165) is 36.6 Å². The smallest absolute Gasteiger partial charge is 0.137 e. The van der Waals surface area contributed by atoms with Crippen LogP contribution in [0.3, 0.4) is 0 Å². The molecule has 0 bridgehead atoms. The van der Waals surface area contributed by atoms with E-state index in [4.69, 9.17) is 16.6 Å².